The molecule has 126 valence electrons. The lowest BCUT2D eigenvalue weighted by Gasteiger charge is -2.28. The second kappa shape index (κ2) is 7.37. The normalized spacial score (nSPS) is 16.5. The van der Waals surface area contributed by atoms with E-state index < -0.39 is 0 Å². The van der Waals surface area contributed by atoms with E-state index >= 15 is 0 Å². The zero-order valence-electron chi connectivity index (χ0n) is 14.3. The Morgan fingerprint density at radius 1 is 1.00 bits per heavy atom. The van der Waals surface area contributed by atoms with Gasteiger partial charge in [0.25, 0.3) is 0 Å². The van der Waals surface area contributed by atoms with Crippen molar-refractivity contribution in [2.45, 2.75) is 32.4 Å². The average Bonchev–Trinajstić information content (AvgIpc) is 3.09. The highest BCUT2D eigenvalue weighted by Crippen LogP contribution is 2.25. The van der Waals surface area contributed by atoms with Crippen LogP contribution in [0.4, 0.5) is 0 Å². The van der Waals surface area contributed by atoms with Crippen LogP contribution in [0.25, 0.3) is 0 Å². The van der Waals surface area contributed by atoms with Gasteiger partial charge in [0, 0.05) is 26.1 Å². The van der Waals surface area contributed by atoms with E-state index in [0.717, 1.165) is 38.4 Å². The van der Waals surface area contributed by atoms with Crippen molar-refractivity contribution >= 4 is 0 Å². The van der Waals surface area contributed by atoms with Gasteiger partial charge in [-0.3, -0.25) is 4.90 Å². The van der Waals surface area contributed by atoms with Gasteiger partial charge in [-0.05, 0) is 54.3 Å². The molecule has 0 bridgehead atoms. The summed E-state index contributed by atoms with van der Waals surface area (Å²) in [6.45, 7) is 6.36. The minimum absolute atomic E-state index is 0.838. The molecule has 0 amide bonds. The first-order valence-corrected chi connectivity index (χ1v) is 9.13. The maximum absolute atomic E-state index is 5.56. The summed E-state index contributed by atoms with van der Waals surface area (Å²) >= 11 is 0. The molecule has 3 heteroatoms. The van der Waals surface area contributed by atoms with Crippen LogP contribution in [-0.4, -0.2) is 31.1 Å². The van der Waals surface area contributed by atoms with Crippen LogP contribution in [-0.2, 0) is 25.9 Å². The number of nitrogens with zero attached hydrogens (tertiary/aromatic N) is 1. The fraction of sp³-hybridized carbons (Fsp3) is 0.429. The summed E-state index contributed by atoms with van der Waals surface area (Å²) in [7, 11) is 0. The highest BCUT2D eigenvalue weighted by Gasteiger charge is 2.15. The van der Waals surface area contributed by atoms with E-state index in [1.807, 2.05) is 0 Å². The minimum Gasteiger partial charge on any atom is -0.493 e. The Balaban J connectivity index is 1.18. The van der Waals surface area contributed by atoms with Crippen LogP contribution in [0.1, 0.15) is 28.7 Å². The van der Waals surface area contributed by atoms with Crippen LogP contribution < -0.4 is 10.1 Å². The molecule has 2 aliphatic rings. The van der Waals surface area contributed by atoms with Crippen LogP contribution in [0.3, 0.4) is 0 Å². The molecule has 2 aliphatic heterocycles. The third kappa shape index (κ3) is 3.63. The van der Waals surface area contributed by atoms with Crippen molar-refractivity contribution in [3.63, 3.8) is 0 Å². The van der Waals surface area contributed by atoms with Crippen molar-refractivity contribution in [2.24, 2.45) is 0 Å². The lowest BCUT2D eigenvalue weighted by Crippen LogP contribution is -2.32. The molecule has 3 nitrogen and oxygen atoms in total. The van der Waals surface area contributed by atoms with Crippen molar-refractivity contribution in [3.8, 4) is 5.75 Å². The predicted octanol–water partition coefficient (Wildman–Crippen LogP) is 3.16. The van der Waals surface area contributed by atoms with Gasteiger partial charge in [0.15, 0.2) is 0 Å². The summed E-state index contributed by atoms with van der Waals surface area (Å²) in [4.78, 5) is 2.58. The fourth-order valence-corrected chi connectivity index (χ4v) is 3.76. The van der Waals surface area contributed by atoms with Gasteiger partial charge in [-0.1, -0.05) is 36.4 Å². The molecule has 4 rings (SSSR count). The summed E-state index contributed by atoms with van der Waals surface area (Å²) in [6.07, 6.45) is 3.45. The summed E-state index contributed by atoms with van der Waals surface area (Å²) in [5.74, 6) is 1.07. The molecular formula is C21H26N2O. The lowest BCUT2D eigenvalue weighted by molar-refractivity contribution is 0.250. The molecule has 0 atom stereocenters. The standard InChI is InChI=1S/C21H26N2O/c1-2-5-20-16-23(12-8-18(20)4-1)11-3-10-22-15-17-6-7-21-19(14-17)9-13-24-21/h1-2,4-7,14,22H,3,8-13,15-16H2. The molecule has 0 fully saturated rings. The lowest BCUT2D eigenvalue weighted by atomic mass is 10.00. The monoisotopic (exact) mass is 322 g/mol. The molecule has 0 aromatic heterocycles. The SMILES string of the molecule is c1ccc2c(c1)CCN(CCCNCc1ccc3c(c1)CCO3)C2. The van der Waals surface area contributed by atoms with Crippen LogP contribution in [0.15, 0.2) is 42.5 Å². The van der Waals surface area contributed by atoms with Gasteiger partial charge in [0.1, 0.15) is 5.75 Å². The Bertz CT molecular complexity index is 698. The molecule has 2 heterocycles. The zero-order valence-corrected chi connectivity index (χ0v) is 14.3. The van der Waals surface area contributed by atoms with Gasteiger partial charge < -0.3 is 10.1 Å². The van der Waals surface area contributed by atoms with E-state index in [1.165, 1.54) is 48.2 Å². The number of rotatable bonds is 6. The summed E-state index contributed by atoms with van der Waals surface area (Å²) in [5, 5.41) is 3.58. The van der Waals surface area contributed by atoms with E-state index in [4.69, 9.17) is 4.74 Å². The van der Waals surface area contributed by atoms with Crippen molar-refractivity contribution in [1.29, 1.82) is 0 Å². The van der Waals surface area contributed by atoms with Gasteiger partial charge >= 0.3 is 0 Å². The molecule has 0 saturated carbocycles. The third-order valence-electron chi connectivity index (χ3n) is 5.12. The molecule has 2 aromatic carbocycles. The first kappa shape index (κ1) is 15.7. The van der Waals surface area contributed by atoms with E-state index in [9.17, 15) is 0 Å². The van der Waals surface area contributed by atoms with Gasteiger partial charge in [-0.25, -0.2) is 0 Å². The average molecular weight is 322 g/mol. The van der Waals surface area contributed by atoms with E-state index in [2.05, 4.69) is 52.7 Å². The maximum Gasteiger partial charge on any atom is 0.122 e. The number of benzene rings is 2. The Kier molecular flexibility index (Phi) is 4.81. The summed E-state index contributed by atoms with van der Waals surface area (Å²) in [5.41, 5.74) is 5.77. The number of hydrogen-bond donors (Lipinski definition) is 1. The van der Waals surface area contributed by atoms with Crippen molar-refractivity contribution in [1.82, 2.24) is 10.2 Å². The molecule has 0 spiro atoms. The third-order valence-corrected chi connectivity index (χ3v) is 5.12. The Morgan fingerprint density at radius 2 is 1.92 bits per heavy atom. The Morgan fingerprint density at radius 3 is 2.88 bits per heavy atom. The van der Waals surface area contributed by atoms with Crippen LogP contribution in [0, 0.1) is 0 Å². The zero-order chi connectivity index (χ0) is 16.2. The Labute approximate surface area is 144 Å². The fourth-order valence-electron chi connectivity index (χ4n) is 3.76. The van der Waals surface area contributed by atoms with E-state index in [1.54, 1.807) is 0 Å². The highest BCUT2D eigenvalue weighted by atomic mass is 16.5. The summed E-state index contributed by atoms with van der Waals surface area (Å²) < 4.78 is 5.56. The topological polar surface area (TPSA) is 24.5 Å². The number of ether oxygens (including phenoxy) is 1. The van der Waals surface area contributed by atoms with Gasteiger partial charge in [0.05, 0.1) is 6.61 Å². The number of fused-ring (bicyclic) bond motifs is 2. The van der Waals surface area contributed by atoms with Crippen molar-refractivity contribution < 1.29 is 4.74 Å². The molecule has 24 heavy (non-hydrogen) atoms. The highest BCUT2D eigenvalue weighted by molar-refractivity contribution is 5.39. The molecule has 0 radical (unpaired) electrons. The smallest absolute Gasteiger partial charge is 0.122 e. The van der Waals surface area contributed by atoms with Gasteiger partial charge in [-0.15, -0.1) is 0 Å². The molecule has 1 N–H and O–H groups in total. The number of nitrogens with one attached hydrogen (secondary N) is 1. The van der Waals surface area contributed by atoms with Crippen LogP contribution >= 0.6 is 0 Å². The largest absolute Gasteiger partial charge is 0.493 e. The Hall–Kier alpha value is -1.84. The quantitative estimate of drug-likeness (QED) is 0.827. The second-order valence-corrected chi connectivity index (χ2v) is 6.87. The minimum atomic E-state index is 0.838. The molecule has 0 saturated heterocycles. The van der Waals surface area contributed by atoms with Crippen molar-refractivity contribution in [2.75, 3.05) is 26.2 Å². The first-order valence-electron chi connectivity index (χ1n) is 9.13. The van der Waals surface area contributed by atoms with Crippen molar-refractivity contribution in [3.05, 3.63) is 64.7 Å². The van der Waals surface area contributed by atoms with E-state index in [0.29, 0.717) is 0 Å². The van der Waals surface area contributed by atoms with Gasteiger partial charge in [0.2, 0.25) is 0 Å². The molecule has 0 unspecified atom stereocenters. The maximum atomic E-state index is 5.56. The van der Waals surface area contributed by atoms with Crippen LogP contribution in [0.5, 0.6) is 5.75 Å². The first-order chi connectivity index (χ1) is 11.9. The molecule has 0 aliphatic carbocycles. The van der Waals surface area contributed by atoms with Gasteiger partial charge in [-0.2, -0.15) is 0 Å². The number of hydrogen-bond acceptors (Lipinski definition) is 3. The second-order valence-electron chi connectivity index (χ2n) is 6.87. The molecule has 2 aromatic rings. The summed E-state index contributed by atoms with van der Waals surface area (Å²) in [6, 6.07) is 15.4. The van der Waals surface area contributed by atoms with Crippen LogP contribution in [0.2, 0.25) is 0 Å². The molecular weight excluding hydrogens is 296 g/mol. The predicted molar refractivity (Wildman–Crippen MR) is 97.4 cm³/mol. The van der Waals surface area contributed by atoms with E-state index in [-0.39, 0.29) is 0 Å².